The van der Waals surface area contributed by atoms with Crippen LogP contribution in [0.4, 0.5) is 0 Å². The molecule has 3 N–H and O–H groups in total. The van der Waals surface area contributed by atoms with Crippen LogP contribution in [0.5, 0.6) is 0 Å². The molecule has 15 heavy (non-hydrogen) atoms. The molecule has 0 amide bonds. The van der Waals surface area contributed by atoms with Crippen molar-refractivity contribution < 1.29 is 0 Å². The summed E-state index contributed by atoms with van der Waals surface area (Å²) in [6, 6.07) is 9.97. The average Bonchev–Trinajstić information content (AvgIpc) is 2.20. The van der Waals surface area contributed by atoms with Gasteiger partial charge in [-0.2, -0.15) is 0 Å². The summed E-state index contributed by atoms with van der Waals surface area (Å²) in [6.07, 6.45) is 0.791. The van der Waals surface area contributed by atoms with Crippen LogP contribution in [0.15, 0.2) is 30.3 Å². The second-order valence-corrected chi connectivity index (χ2v) is 3.89. The standard InChI is InChI=1S/C12H19N3/c1-4-12(11(13)14,15(2)3)10-8-6-5-7-9-10/h5-9H,4H2,1-3H3,(H3,13,14)/t12-/m0/s1. The van der Waals surface area contributed by atoms with Gasteiger partial charge in [0.2, 0.25) is 0 Å². The first-order chi connectivity index (χ1) is 7.05. The van der Waals surface area contributed by atoms with Gasteiger partial charge >= 0.3 is 0 Å². The first kappa shape index (κ1) is 11.7. The minimum Gasteiger partial charge on any atom is -0.386 e. The average molecular weight is 205 g/mol. The third kappa shape index (κ3) is 1.88. The van der Waals surface area contributed by atoms with E-state index < -0.39 is 5.54 Å². The summed E-state index contributed by atoms with van der Waals surface area (Å²) >= 11 is 0. The zero-order valence-corrected chi connectivity index (χ0v) is 9.62. The van der Waals surface area contributed by atoms with E-state index in [9.17, 15) is 0 Å². The number of nitrogens with two attached hydrogens (primary N) is 1. The van der Waals surface area contributed by atoms with Crippen molar-refractivity contribution in [2.24, 2.45) is 5.73 Å². The zero-order chi connectivity index (χ0) is 11.5. The molecule has 0 unspecified atom stereocenters. The Morgan fingerprint density at radius 1 is 1.33 bits per heavy atom. The molecule has 0 aromatic heterocycles. The van der Waals surface area contributed by atoms with Crippen LogP contribution in [0, 0.1) is 5.41 Å². The lowest BCUT2D eigenvalue weighted by molar-refractivity contribution is 0.222. The second-order valence-electron chi connectivity index (χ2n) is 3.89. The maximum atomic E-state index is 7.80. The molecule has 0 fully saturated rings. The van der Waals surface area contributed by atoms with E-state index in [0.29, 0.717) is 0 Å². The summed E-state index contributed by atoms with van der Waals surface area (Å²) in [5, 5.41) is 7.80. The third-order valence-electron chi connectivity index (χ3n) is 2.97. The lowest BCUT2D eigenvalue weighted by atomic mass is 9.85. The van der Waals surface area contributed by atoms with Crippen molar-refractivity contribution in [3.63, 3.8) is 0 Å². The predicted molar refractivity (Wildman–Crippen MR) is 64.0 cm³/mol. The van der Waals surface area contributed by atoms with E-state index in [4.69, 9.17) is 11.1 Å². The number of rotatable bonds is 4. The maximum absolute atomic E-state index is 7.80. The van der Waals surface area contributed by atoms with Crippen LogP contribution in [0.3, 0.4) is 0 Å². The number of hydrogen-bond donors (Lipinski definition) is 2. The summed E-state index contributed by atoms with van der Waals surface area (Å²) in [5.41, 5.74) is 6.36. The Balaban J connectivity index is 3.28. The topological polar surface area (TPSA) is 53.1 Å². The summed E-state index contributed by atoms with van der Waals surface area (Å²) in [7, 11) is 3.91. The molecule has 1 aromatic rings. The van der Waals surface area contributed by atoms with Gasteiger partial charge in [0.15, 0.2) is 0 Å². The van der Waals surface area contributed by atoms with Crippen LogP contribution in [0.1, 0.15) is 18.9 Å². The first-order valence-corrected chi connectivity index (χ1v) is 5.13. The van der Waals surface area contributed by atoms with Crippen molar-refractivity contribution in [2.45, 2.75) is 18.9 Å². The van der Waals surface area contributed by atoms with Crippen molar-refractivity contribution in [2.75, 3.05) is 14.1 Å². The van der Waals surface area contributed by atoms with E-state index in [1.54, 1.807) is 0 Å². The molecule has 1 atom stereocenters. The molecule has 0 radical (unpaired) electrons. The second kappa shape index (κ2) is 4.45. The zero-order valence-electron chi connectivity index (χ0n) is 9.62. The van der Waals surface area contributed by atoms with Gasteiger partial charge < -0.3 is 5.73 Å². The van der Waals surface area contributed by atoms with Crippen molar-refractivity contribution >= 4 is 5.84 Å². The summed E-state index contributed by atoms with van der Waals surface area (Å²) < 4.78 is 0. The molecule has 0 heterocycles. The van der Waals surface area contributed by atoms with E-state index in [1.807, 2.05) is 49.3 Å². The molecule has 0 aliphatic rings. The fraction of sp³-hybridized carbons (Fsp3) is 0.417. The smallest absolute Gasteiger partial charge is 0.116 e. The molecule has 0 aliphatic heterocycles. The number of likely N-dealkylation sites (N-methyl/N-ethyl adjacent to an activating group) is 1. The van der Waals surface area contributed by atoms with Crippen LogP contribution < -0.4 is 5.73 Å². The Labute approximate surface area is 91.4 Å². The minimum atomic E-state index is -0.471. The SMILES string of the molecule is CC[C@@](C(=N)N)(c1ccccc1)N(C)C. The third-order valence-corrected chi connectivity index (χ3v) is 2.97. The number of nitrogens with zero attached hydrogens (tertiary/aromatic N) is 1. The van der Waals surface area contributed by atoms with Gasteiger partial charge in [0, 0.05) is 0 Å². The Kier molecular flexibility index (Phi) is 3.48. The highest BCUT2D eigenvalue weighted by Crippen LogP contribution is 2.29. The predicted octanol–water partition coefficient (Wildman–Crippen LogP) is 1.79. The Hall–Kier alpha value is -1.35. The molecule has 0 spiro atoms. The molecule has 0 saturated heterocycles. The van der Waals surface area contributed by atoms with Gasteiger partial charge in [-0.05, 0) is 26.1 Å². The number of amidine groups is 1. The molecule has 3 heteroatoms. The van der Waals surface area contributed by atoms with Gasteiger partial charge in [-0.25, -0.2) is 0 Å². The normalized spacial score (nSPS) is 14.9. The summed E-state index contributed by atoms with van der Waals surface area (Å²) in [4.78, 5) is 2.00. The lowest BCUT2D eigenvalue weighted by Gasteiger charge is -2.38. The minimum absolute atomic E-state index is 0.196. The monoisotopic (exact) mass is 205 g/mol. The number of benzene rings is 1. The molecule has 1 aromatic carbocycles. The van der Waals surface area contributed by atoms with Gasteiger partial charge in [-0.3, -0.25) is 10.3 Å². The van der Waals surface area contributed by atoms with Crippen molar-refractivity contribution in [3.8, 4) is 0 Å². The summed E-state index contributed by atoms with van der Waals surface area (Å²) in [5.74, 6) is 0.196. The van der Waals surface area contributed by atoms with Crippen LogP contribution in [0.2, 0.25) is 0 Å². The molecular weight excluding hydrogens is 186 g/mol. The quantitative estimate of drug-likeness (QED) is 0.581. The van der Waals surface area contributed by atoms with Gasteiger partial charge in [-0.1, -0.05) is 37.3 Å². The van der Waals surface area contributed by atoms with E-state index >= 15 is 0 Å². The van der Waals surface area contributed by atoms with E-state index in [-0.39, 0.29) is 5.84 Å². The highest BCUT2D eigenvalue weighted by atomic mass is 15.2. The molecule has 0 saturated carbocycles. The van der Waals surface area contributed by atoms with Crippen LogP contribution in [-0.2, 0) is 5.54 Å². The molecule has 0 aliphatic carbocycles. The van der Waals surface area contributed by atoms with Crippen molar-refractivity contribution in [1.29, 1.82) is 5.41 Å². The summed E-state index contributed by atoms with van der Waals surface area (Å²) in [6.45, 7) is 2.05. The van der Waals surface area contributed by atoms with Crippen LogP contribution in [0.25, 0.3) is 0 Å². The van der Waals surface area contributed by atoms with Gasteiger partial charge in [0.05, 0.1) is 0 Å². The Morgan fingerprint density at radius 3 is 2.20 bits per heavy atom. The molecule has 1 rings (SSSR count). The highest BCUT2D eigenvalue weighted by molar-refractivity contribution is 5.88. The van der Waals surface area contributed by atoms with E-state index in [1.165, 1.54) is 0 Å². The van der Waals surface area contributed by atoms with E-state index in [0.717, 1.165) is 12.0 Å². The number of hydrogen-bond acceptors (Lipinski definition) is 2. The van der Waals surface area contributed by atoms with Crippen LogP contribution in [-0.4, -0.2) is 24.8 Å². The van der Waals surface area contributed by atoms with Gasteiger partial charge in [0.25, 0.3) is 0 Å². The maximum Gasteiger partial charge on any atom is 0.116 e. The fourth-order valence-corrected chi connectivity index (χ4v) is 2.08. The molecule has 0 bridgehead atoms. The lowest BCUT2D eigenvalue weighted by Crippen LogP contribution is -2.51. The molecule has 82 valence electrons. The van der Waals surface area contributed by atoms with Crippen molar-refractivity contribution in [1.82, 2.24) is 4.90 Å². The highest BCUT2D eigenvalue weighted by Gasteiger charge is 2.35. The molecule has 3 nitrogen and oxygen atoms in total. The van der Waals surface area contributed by atoms with E-state index in [2.05, 4.69) is 6.92 Å². The Morgan fingerprint density at radius 2 is 1.87 bits per heavy atom. The fourth-order valence-electron chi connectivity index (χ4n) is 2.08. The largest absolute Gasteiger partial charge is 0.386 e. The van der Waals surface area contributed by atoms with Gasteiger partial charge in [0.1, 0.15) is 11.4 Å². The number of nitrogens with one attached hydrogen (secondary N) is 1. The molecular formula is C12H19N3. The first-order valence-electron chi connectivity index (χ1n) is 5.13. The van der Waals surface area contributed by atoms with Crippen LogP contribution >= 0.6 is 0 Å². The van der Waals surface area contributed by atoms with Gasteiger partial charge in [-0.15, -0.1) is 0 Å². The Bertz CT molecular complexity index is 332. The van der Waals surface area contributed by atoms with Crippen molar-refractivity contribution in [3.05, 3.63) is 35.9 Å².